The van der Waals surface area contributed by atoms with Gasteiger partial charge in [0.25, 0.3) is 5.91 Å². The van der Waals surface area contributed by atoms with Crippen molar-refractivity contribution in [2.75, 3.05) is 19.7 Å². The standard InChI is InChI=1S/C20H26N4O4/c1-2-27-16-10-8-15(9-11-16)18(25)21-12-13-22-19(26)20-23-17(24-28-20)14-6-4-3-5-7-14/h8-11,14H,2-7,12-13H2,1H3,(H,21,25)(H,22,26). The van der Waals surface area contributed by atoms with Gasteiger partial charge in [-0.05, 0) is 44.0 Å². The maximum Gasteiger partial charge on any atom is 0.315 e. The minimum Gasteiger partial charge on any atom is -0.494 e. The van der Waals surface area contributed by atoms with E-state index < -0.39 is 5.91 Å². The van der Waals surface area contributed by atoms with Gasteiger partial charge in [-0.3, -0.25) is 9.59 Å². The molecule has 0 saturated heterocycles. The van der Waals surface area contributed by atoms with Crippen molar-refractivity contribution in [1.29, 1.82) is 0 Å². The van der Waals surface area contributed by atoms with Gasteiger partial charge in [-0.2, -0.15) is 4.98 Å². The molecule has 0 spiro atoms. The molecule has 28 heavy (non-hydrogen) atoms. The molecule has 1 aliphatic carbocycles. The van der Waals surface area contributed by atoms with Crippen molar-refractivity contribution in [3.63, 3.8) is 0 Å². The molecule has 2 amide bonds. The van der Waals surface area contributed by atoms with E-state index in [-0.39, 0.29) is 24.3 Å². The zero-order chi connectivity index (χ0) is 19.8. The number of hydrogen-bond acceptors (Lipinski definition) is 6. The Morgan fingerprint density at radius 2 is 1.75 bits per heavy atom. The van der Waals surface area contributed by atoms with Crippen molar-refractivity contribution in [3.8, 4) is 5.75 Å². The van der Waals surface area contributed by atoms with Crippen LogP contribution in [0.15, 0.2) is 28.8 Å². The number of ether oxygens (including phenoxy) is 1. The summed E-state index contributed by atoms with van der Waals surface area (Å²) >= 11 is 0. The van der Waals surface area contributed by atoms with Gasteiger partial charge in [0, 0.05) is 24.6 Å². The first kappa shape index (κ1) is 19.9. The van der Waals surface area contributed by atoms with Crippen LogP contribution in [0.4, 0.5) is 0 Å². The summed E-state index contributed by atoms with van der Waals surface area (Å²) in [5, 5.41) is 9.38. The van der Waals surface area contributed by atoms with Gasteiger partial charge < -0.3 is 19.9 Å². The van der Waals surface area contributed by atoms with Crippen molar-refractivity contribution in [1.82, 2.24) is 20.8 Å². The van der Waals surface area contributed by atoms with Crippen molar-refractivity contribution in [2.45, 2.75) is 44.9 Å². The predicted molar refractivity (Wildman–Crippen MR) is 102 cm³/mol. The summed E-state index contributed by atoms with van der Waals surface area (Å²) in [5.74, 6) is 0.956. The zero-order valence-corrected chi connectivity index (χ0v) is 16.1. The quantitative estimate of drug-likeness (QED) is 0.676. The first-order valence-corrected chi connectivity index (χ1v) is 9.80. The van der Waals surface area contributed by atoms with Crippen LogP contribution in [-0.2, 0) is 0 Å². The fraction of sp³-hybridized carbons (Fsp3) is 0.500. The molecule has 0 aliphatic heterocycles. The van der Waals surface area contributed by atoms with E-state index in [0.29, 0.717) is 24.5 Å². The van der Waals surface area contributed by atoms with Crippen molar-refractivity contribution >= 4 is 11.8 Å². The van der Waals surface area contributed by atoms with Crippen LogP contribution in [0.1, 0.15) is 71.8 Å². The third kappa shape index (κ3) is 5.31. The Kier molecular flexibility index (Phi) is 7.00. The summed E-state index contributed by atoms with van der Waals surface area (Å²) in [4.78, 5) is 28.5. The average Bonchev–Trinajstić information content (AvgIpc) is 3.23. The van der Waals surface area contributed by atoms with E-state index in [1.807, 2.05) is 6.92 Å². The Morgan fingerprint density at radius 3 is 2.43 bits per heavy atom. The highest BCUT2D eigenvalue weighted by Gasteiger charge is 2.23. The molecule has 1 aliphatic rings. The zero-order valence-electron chi connectivity index (χ0n) is 16.1. The van der Waals surface area contributed by atoms with Gasteiger partial charge in [0.05, 0.1) is 6.61 Å². The molecule has 8 heteroatoms. The molecule has 150 valence electrons. The first-order chi connectivity index (χ1) is 13.7. The summed E-state index contributed by atoms with van der Waals surface area (Å²) in [5.41, 5.74) is 0.531. The van der Waals surface area contributed by atoms with Crippen LogP contribution >= 0.6 is 0 Å². The van der Waals surface area contributed by atoms with Gasteiger partial charge in [-0.25, -0.2) is 0 Å². The van der Waals surface area contributed by atoms with Gasteiger partial charge in [0.1, 0.15) is 5.75 Å². The number of carbonyl (C=O) groups is 2. The largest absolute Gasteiger partial charge is 0.494 e. The molecule has 3 rings (SSSR count). The van der Waals surface area contributed by atoms with Gasteiger partial charge in [-0.15, -0.1) is 0 Å². The van der Waals surface area contributed by atoms with Gasteiger partial charge >= 0.3 is 11.8 Å². The van der Waals surface area contributed by atoms with Crippen LogP contribution in [0, 0.1) is 0 Å². The summed E-state index contributed by atoms with van der Waals surface area (Å²) in [6.07, 6.45) is 5.64. The Labute approximate surface area is 164 Å². The van der Waals surface area contributed by atoms with Crippen molar-refractivity contribution < 1.29 is 18.8 Å². The van der Waals surface area contributed by atoms with Crippen molar-refractivity contribution in [3.05, 3.63) is 41.5 Å². The molecule has 8 nitrogen and oxygen atoms in total. The van der Waals surface area contributed by atoms with Gasteiger partial charge in [-0.1, -0.05) is 24.4 Å². The monoisotopic (exact) mass is 386 g/mol. The number of carbonyl (C=O) groups excluding carboxylic acids is 2. The summed E-state index contributed by atoms with van der Waals surface area (Å²) < 4.78 is 10.4. The molecule has 1 aromatic carbocycles. The average molecular weight is 386 g/mol. The minimum absolute atomic E-state index is 0.0292. The van der Waals surface area contributed by atoms with Crippen LogP contribution < -0.4 is 15.4 Å². The Morgan fingerprint density at radius 1 is 1.07 bits per heavy atom. The lowest BCUT2D eigenvalue weighted by Gasteiger charge is -2.17. The SMILES string of the molecule is CCOc1ccc(C(=O)NCCNC(=O)c2nc(C3CCCCC3)no2)cc1. The molecular formula is C20H26N4O4. The Bertz CT molecular complexity index is 782. The fourth-order valence-electron chi connectivity index (χ4n) is 3.25. The molecule has 1 fully saturated rings. The second-order valence-electron chi connectivity index (χ2n) is 6.76. The maximum atomic E-state index is 12.1. The highest BCUT2D eigenvalue weighted by atomic mass is 16.5. The number of amides is 2. The molecule has 1 saturated carbocycles. The van der Waals surface area contributed by atoms with Crippen LogP contribution in [0.3, 0.4) is 0 Å². The van der Waals surface area contributed by atoms with E-state index in [9.17, 15) is 9.59 Å². The van der Waals surface area contributed by atoms with E-state index in [0.717, 1.165) is 31.4 Å². The molecule has 2 N–H and O–H groups in total. The summed E-state index contributed by atoms with van der Waals surface area (Å²) in [6, 6.07) is 6.90. The van der Waals surface area contributed by atoms with E-state index in [2.05, 4.69) is 20.8 Å². The number of nitrogens with zero attached hydrogens (tertiary/aromatic N) is 2. The highest BCUT2D eigenvalue weighted by Crippen LogP contribution is 2.30. The molecule has 0 atom stereocenters. The molecule has 0 radical (unpaired) electrons. The lowest BCUT2D eigenvalue weighted by molar-refractivity contribution is 0.0898. The number of nitrogens with one attached hydrogen (secondary N) is 2. The van der Waals surface area contributed by atoms with Gasteiger partial charge in [0.15, 0.2) is 5.82 Å². The molecule has 0 bridgehead atoms. The summed E-state index contributed by atoms with van der Waals surface area (Å²) in [7, 11) is 0. The first-order valence-electron chi connectivity index (χ1n) is 9.80. The smallest absolute Gasteiger partial charge is 0.315 e. The number of hydrogen-bond donors (Lipinski definition) is 2. The summed E-state index contributed by atoms with van der Waals surface area (Å²) in [6.45, 7) is 3.04. The van der Waals surface area contributed by atoms with Gasteiger partial charge in [0.2, 0.25) is 0 Å². The highest BCUT2D eigenvalue weighted by molar-refractivity contribution is 5.94. The number of aromatic nitrogens is 2. The molecule has 2 aromatic rings. The second kappa shape index (κ2) is 9.87. The van der Waals surface area contributed by atoms with Crippen molar-refractivity contribution in [2.24, 2.45) is 0 Å². The van der Waals surface area contributed by atoms with Crippen LogP contribution in [-0.4, -0.2) is 41.7 Å². The molecule has 1 aromatic heterocycles. The van der Waals surface area contributed by atoms with E-state index >= 15 is 0 Å². The van der Waals surface area contributed by atoms with Crippen LogP contribution in [0.2, 0.25) is 0 Å². The molecular weight excluding hydrogens is 360 g/mol. The Balaban J connectivity index is 1.40. The van der Waals surface area contributed by atoms with E-state index in [4.69, 9.17) is 9.26 Å². The van der Waals surface area contributed by atoms with E-state index in [1.54, 1.807) is 24.3 Å². The third-order valence-electron chi connectivity index (χ3n) is 4.73. The number of benzene rings is 1. The fourth-order valence-corrected chi connectivity index (χ4v) is 3.25. The number of rotatable bonds is 8. The maximum absolute atomic E-state index is 12.1. The second-order valence-corrected chi connectivity index (χ2v) is 6.76. The van der Waals surface area contributed by atoms with Crippen LogP contribution in [0.5, 0.6) is 5.75 Å². The third-order valence-corrected chi connectivity index (χ3v) is 4.73. The molecule has 0 unspecified atom stereocenters. The topological polar surface area (TPSA) is 106 Å². The normalized spacial score (nSPS) is 14.5. The predicted octanol–water partition coefficient (Wildman–Crippen LogP) is 2.68. The van der Waals surface area contributed by atoms with Crippen LogP contribution in [0.25, 0.3) is 0 Å². The Hall–Kier alpha value is -2.90. The lowest BCUT2D eigenvalue weighted by Crippen LogP contribution is -2.34. The lowest BCUT2D eigenvalue weighted by atomic mass is 9.89. The molecule has 1 heterocycles. The minimum atomic E-state index is -0.426. The van der Waals surface area contributed by atoms with E-state index in [1.165, 1.54) is 6.42 Å².